The second kappa shape index (κ2) is 7.66. The van der Waals surface area contributed by atoms with E-state index in [9.17, 15) is 9.90 Å². The highest BCUT2D eigenvalue weighted by molar-refractivity contribution is 5.86. The first-order chi connectivity index (χ1) is 11.6. The number of hydrogen-bond donors (Lipinski definition) is 2. The number of aliphatic hydroxyl groups excluding tert-OH is 1. The van der Waals surface area contributed by atoms with E-state index in [4.69, 9.17) is 0 Å². The van der Waals surface area contributed by atoms with E-state index >= 15 is 0 Å². The molecule has 0 radical (unpaired) electrons. The van der Waals surface area contributed by atoms with E-state index in [0.717, 1.165) is 44.3 Å². The van der Waals surface area contributed by atoms with Crippen molar-refractivity contribution in [3.05, 3.63) is 35.4 Å². The average Bonchev–Trinajstić information content (AvgIpc) is 3.15. The molecule has 2 N–H and O–H groups in total. The van der Waals surface area contributed by atoms with E-state index in [1.54, 1.807) is 0 Å². The van der Waals surface area contributed by atoms with E-state index in [0.29, 0.717) is 0 Å². The summed E-state index contributed by atoms with van der Waals surface area (Å²) in [6.45, 7) is 4.39. The minimum atomic E-state index is -0.645. The first-order valence-electron chi connectivity index (χ1n) is 9.40. The molecule has 1 saturated carbocycles. The molecule has 1 amide bonds. The number of likely N-dealkylation sites (tertiary alicyclic amines) is 1. The fourth-order valence-electron chi connectivity index (χ4n) is 4.23. The summed E-state index contributed by atoms with van der Waals surface area (Å²) in [5.74, 6) is 0.121. The Morgan fingerprint density at radius 3 is 2.38 bits per heavy atom. The fourth-order valence-corrected chi connectivity index (χ4v) is 4.23. The monoisotopic (exact) mass is 330 g/mol. The molecule has 1 unspecified atom stereocenters. The van der Waals surface area contributed by atoms with Gasteiger partial charge in [0.2, 0.25) is 5.91 Å². The van der Waals surface area contributed by atoms with Crippen molar-refractivity contribution >= 4 is 5.91 Å². The van der Waals surface area contributed by atoms with Gasteiger partial charge in [-0.05, 0) is 51.3 Å². The molecule has 24 heavy (non-hydrogen) atoms. The van der Waals surface area contributed by atoms with Gasteiger partial charge in [-0.3, -0.25) is 9.69 Å². The topological polar surface area (TPSA) is 52.6 Å². The van der Waals surface area contributed by atoms with Crippen molar-refractivity contribution in [2.45, 2.75) is 63.5 Å². The summed E-state index contributed by atoms with van der Waals surface area (Å²) in [5, 5.41) is 13.4. The molecule has 2 fully saturated rings. The highest BCUT2D eigenvalue weighted by atomic mass is 16.3. The second-order valence-electron chi connectivity index (χ2n) is 7.42. The van der Waals surface area contributed by atoms with Crippen LogP contribution in [-0.4, -0.2) is 41.1 Å². The van der Waals surface area contributed by atoms with Crippen LogP contribution >= 0.6 is 0 Å². The Bertz CT molecular complexity index is 543. The number of carbonyl (C=O) groups excluding carboxylic acids is 1. The number of benzene rings is 1. The molecule has 3 rings (SSSR count). The van der Waals surface area contributed by atoms with Gasteiger partial charge in [0, 0.05) is 6.54 Å². The van der Waals surface area contributed by atoms with Gasteiger partial charge in [-0.2, -0.15) is 0 Å². The Kier molecular flexibility index (Phi) is 5.57. The van der Waals surface area contributed by atoms with Crippen LogP contribution < -0.4 is 5.32 Å². The van der Waals surface area contributed by atoms with Gasteiger partial charge in [-0.25, -0.2) is 0 Å². The van der Waals surface area contributed by atoms with Crippen LogP contribution in [0.4, 0.5) is 0 Å². The lowest BCUT2D eigenvalue weighted by Gasteiger charge is -2.43. The smallest absolute Gasteiger partial charge is 0.240 e. The van der Waals surface area contributed by atoms with Crippen LogP contribution in [0.2, 0.25) is 0 Å². The first-order valence-corrected chi connectivity index (χ1v) is 9.40. The minimum absolute atomic E-state index is 0.121. The lowest BCUT2D eigenvalue weighted by molar-refractivity contribution is -0.135. The van der Waals surface area contributed by atoms with Crippen LogP contribution in [0, 0.1) is 6.92 Å². The summed E-state index contributed by atoms with van der Waals surface area (Å²) >= 11 is 0. The summed E-state index contributed by atoms with van der Waals surface area (Å²) in [6, 6.07) is 7.85. The van der Waals surface area contributed by atoms with Crippen molar-refractivity contribution in [2.75, 3.05) is 19.6 Å². The van der Waals surface area contributed by atoms with Crippen molar-refractivity contribution in [1.29, 1.82) is 0 Å². The van der Waals surface area contributed by atoms with E-state index < -0.39 is 6.10 Å². The van der Waals surface area contributed by atoms with Gasteiger partial charge < -0.3 is 10.4 Å². The zero-order valence-corrected chi connectivity index (χ0v) is 14.8. The summed E-state index contributed by atoms with van der Waals surface area (Å²) in [5.41, 5.74) is 1.70. The van der Waals surface area contributed by atoms with Crippen LogP contribution in [0.3, 0.4) is 0 Å². The average molecular weight is 330 g/mol. The van der Waals surface area contributed by atoms with E-state index in [2.05, 4.69) is 10.2 Å². The highest BCUT2D eigenvalue weighted by Crippen LogP contribution is 2.36. The molecular weight excluding hydrogens is 300 g/mol. The predicted molar refractivity (Wildman–Crippen MR) is 95.8 cm³/mol. The van der Waals surface area contributed by atoms with Gasteiger partial charge in [0.1, 0.15) is 5.54 Å². The van der Waals surface area contributed by atoms with E-state index in [1.807, 2.05) is 31.2 Å². The maximum Gasteiger partial charge on any atom is 0.240 e. The Morgan fingerprint density at radius 1 is 1.12 bits per heavy atom. The maximum atomic E-state index is 13.0. The predicted octanol–water partition coefficient (Wildman–Crippen LogP) is 2.94. The molecule has 1 heterocycles. The summed E-state index contributed by atoms with van der Waals surface area (Å²) in [6.07, 6.45) is 7.15. The zero-order valence-electron chi connectivity index (χ0n) is 14.8. The molecule has 1 aliphatic carbocycles. The van der Waals surface area contributed by atoms with Crippen molar-refractivity contribution in [1.82, 2.24) is 10.2 Å². The molecule has 4 heteroatoms. The van der Waals surface area contributed by atoms with Gasteiger partial charge >= 0.3 is 0 Å². The molecule has 1 aromatic carbocycles. The third kappa shape index (κ3) is 3.65. The summed E-state index contributed by atoms with van der Waals surface area (Å²) in [4.78, 5) is 15.4. The summed E-state index contributed by atoms with van der Waals surface area (Å²) < 4.78 is 0. The molecule has 132 valence electrons. The molecular formula is C20H30N2O2. The Labute approximate surface area is 145 Å². The number of nitrogens with zero attached hydrogens (tertiary/aromatic N) is 1. The Hall–Kier alpha value is -1.39. The van der Waals surface area contributed by atoms with Crippen LogP contribution in [0.25, 0.3) is 0 Å². The van der Waals surface area contributed by atoms with Crippen molar-refractivity contribution < 1.29 is 9.90 Å². The van der Waals surface area contributed by atoms with Crippen molar-refractivity contribution in [3.63, 3.8) is 0 Å². The maximum absolute atomic E-state index is 13.0. The van der Waals surface area contributed by atoms with Crippen LogP contribution in [0.5, 0.6) is 0 Å². The second-order valence-corrected chi connectivity index (χ2v) is 7.42. The number of hydrogen-bond acceptors (Lipinski definition) is 3. The number of rotatable bonds is 5. The van der Waals surface area contributed by atoms with Crippen molar-refractivity contribution in [3.8, 4) is 0 Å². The molecule has 4 nitrogen and oxygen atoms in total. The quantitative estimate of drug-likeness (QED) is 0.873. The Balaban J connectivity index is 1.64. The normalized spacial score (nSPS) is 22.2. The third-order valence-corrected chi connectivity index (χ3v) is 5.73. The van der Waals surface area contributed by atoms with E-state index in [-0.39, 0.29) is 18.0 Å². The minimum Gasteiger partial charge on any atom is -0.387 e. The molecule has 1 aliphatic heterocycles. The standard InChI is InChI=1S/C20H30N2O2/c1-16-7-9-17(10-8-16)18(23)15-21-19(24)20(11-3-2-4-12-20)22-13-5-6-14-22/h7-10,18,23H,2-6,11-15H2,1H3,(H,21,24). The van der Waals surface area contributed by atoms with Gasteiger partial charge in [0.25, 0.3) is 0 Å². The molecule has 0 spiro atoms. The largest absolute Gasteiger partial charge is 0.387 e. The van der Waals surface area contributed by atoms with E-state index in [1.165, 1.54) is 24.8 Å². The van der Waals surface area contributed by atoms with Gasteiger partial charge in [-0.1, -0.05) is 49.1 Å². The number of amides is 1. The third-order valence-electron chi connectivity index (χ3n) is 5.73. The highest BCUT2D eigenvalue weighted by Gasteiger charge is 2.45. The van der Waals surface area contributed by atoms with Crippen LogP contribution in [0.15, 0.2) is 24.3 Å². The van der Waals surface area contributed by atoms with Gasteiger partial charge in [0.05, 0.1) is 6.10 Å². The number of aliphatic hydroxyl groups is 1. The molecule has 0 aromatic heterocycles. The number of aryl methyl sites for hydroxylation is 1. The SMILES string of the molecule is Cc1ccc(C(O)CNC(=O)C2(N3CCCC3)CCCCC2)cc1. The molecule has 1 aromatic rings. The van der Waals surface area contributed by atoms with Crippen LogP contribution in [-0.2, 0) is 4.79 Å². The number of nitrogens with one attached hydrogen (secondary N) is 1. The lowest BCUT2D eigenvalue weighted by atomic mass is 9.79. The zero-order chi connectivity index (χ0) is 17.0. The van der Waals surface area contributed by atoms with Crippen LogP contribution in [0.1, 0.15) is 62.2 Å². The number of carbonyl (C=O) groups is 1. The van der Waals surface area contributed by atoms with Gasteiger partial charge in [0.15, 0.2) is 0 Å². The molecule has 1 saturated heterocycles. The Morgan fingerprint density at radius 2 is 1.75 bits per heavy atom. The molecule has 2 aliphatic rings. The molecule has 1 atom stereocenters. The summed E-state index contributed by atoms with van der Waals surface area (Å²) in [7, 11) is 0. The van der Waals surface area contributed by atoms with Crippen molar-refractivity contribution in [2.24, 2.45) is 0 Å². The fraction of sp³-hybridized carbons (Fsp3) is 0.650. The van der Waals surface area contributed by atoms with Gasteiger partial charge in [-0.15, -0.1) is 0 Å². The molecule has 0 bridgehead atoms. The first kappa shape index (κ1) is 17.4. The lowest BCUT2D eigenvalue weighted by Crippen LogP contribution is -2.59.